The Labute approximate surface area is 126 Å². The van der Waals surface area contributed by atoms with E-state index >= 15 is 0 Å². The van der Waals surface area contributed by atoms with Crippen molar-refractivity contribution in [2.75, 3.05) is 19.8 Å². The number of rotatable bonds is 5. The normalized spacial score (nSPS) is 12.2. The number of H-pyrrole nitrogens is 1. The summed E-state index contributed by atoms with van der Waals surface area (Å²) in [5, 5.41) is 13.7. The Morgan fingerprint density at radius 2 is 2.29 bits per heavy atom. The Morgan fingerprint density at radius 3 is 2.90 bits per heavy atom. The third-order valence-corrected chi connectivity index (χ3v) is 3.85. The van der Waals surface area contributed by atoms with Gasteiger partial charge in [0, 0.05) is 30.0 Å². The van der Waals surface area contributed by atoms with Crippen molar-refractivity contribution < 1.29 is 9.18 Å². The molecular weight excluding hydrogens is 293 g/mol. The number of hydrogen-bond acceptors (Lipinski definition) is 5. The Bertz CT molecular complexity index is 619. The van der Waals surface area contributed by atoms with Crippen molar-refractivity contribution in [3.8, 4) is 0 Å². The van der Waals surface area contributed by atoms with E-state index in [1.165, 1.54) is 23.9 Å². The molecule has 0 aliphatic heterocycles. The summed E-state index contributed by atoms with van der Waals surface area (Å²) in [5.41, 5.74) is 0.462. The molecule has 1 N–H and O–H groups in total. The van der Waals surface area contributed by atoms with E-state index in [1.807, 2.05) is 6.92 Å². The van der Waals surface area contributed by atoms with Gasteiger partial charge in [0.2, 0.25) is 0 Å². The summed E-state index contributed by atoms with van der Waals surface area (Å²) in [4.78, 5) is 14.4. The van der Waals surface area contributed by atoms with Crippen LogP contribution in [0.25, 0.3) is 0 Å². The number of carbonyl (C=O) groups is 1. The summed E-state index contributed by atoms with van der Waals surface area (Å²) in [7, 11) is 1.70. The zero-order chi connectivity index (χ0) is 15.4. The first-order chi connectivity index (χ1) is 10.0. The molecule has 0 aliphatic rings. The first-order valence-corrected chi connectivity index (χ1v) is 7.57. The van der Waals surface area contributed by atoms with Crippen molar-refractivity contribution in [3.63, 3.8) is 0 Å². The topological polar surface area (TPSA) is 74.8 Å². The van der Waals surface area contributed by atoms with Crippen LogP contribution in [0.1, 0.15) is 29.0 Å². The number of benzene rings is 1. The molecule has 0 saturated heterocycles. The van der Waals surface area contributed by atoms with Crippen LogP contribution in [0.3, 0.4) is 0 Å². The van der Waals surface area contributed by atoms with Crippen molar-refractivity contribution in [1.29, 1.82) is 0 Å². The molecule has 0 spiro atoms. The number of carbonyl (C=O) groups excluding carboxylic acids is 1. The Balaban J connectivity index is 2.08. The van der Waals surface area contributed by atoms with Gasteiger partial charge >= 0.3 is 0 Å². The standard InChI is InChI=1S/C13H16FN5OS/c1-8(12-15-17-18-16-12)7-19(2)13(20)9-4-5-10(14)11(6-9)21-3/h4-6,8H,7H2,1-3H3,(H,15,16,17,18). The summed E-state index contributed by atoms with van der Waals surface area (Å²) < 4.78 is 13.5. The minimum atomic E-state index is -0.318. The summed E-state index contributed by atoms with van der Waals surface area (Å²) in [6.07, 6.45) is 1.77. The second-order valence-corrected chi connectivity index (χ2v) is 5.55. The molecule has 112 valence electrons. The lowest BCUT2D eigenvalue weighted by Crippen LogP contribution is -2.30. The molecular formula is C13H16FN5OS. The number of thioether (sulfide) groups is 1. The lowest BCUT2D eigenvalue weighted by atomic mass is 10.1. The SMILES string of the molecule is CSc1cc(C(=O)N(C)CC(C)c2nn[nH]n2)ccc1F. The molecule has 0 radical (unpaired) electrons. The molecule has 1 heterocycles. The van der Waals surface area contributed by atoms with Crippen LogP contribution in [0.2, 0.25) is 0 Å². The van der Waals surface area contributed by atoms with Gasteiger partial charge in [-0.25, -0.2) is 4.39 Å². The molecule has 1 aromatic carbocycles. The number of nitrogens with zero attached hydrogens (tertiary/aromatic N) is 4. The maximum absolute atomic E-state index is 13.5. The van der Waals surface area contributed by atoms with E-state index in [1.54, 1.807) is 24.3 Å². The quantitative estimate of drug-likeness (QED) is 0.854. The fraction of sp³-hybridized carbons (Fsp3) is 0.385. The van der Waals surface area contributed by atoms with Crippen LogP contribution in [0.15, 0.2) is 23.1 Å². The number of likely N-dealkylation sites (N-methyl/N-ethyl adjacent to an activating group) is 1. The first kappa shape index (κ1) is 15.4. The maximum atomic E-state index is 13.5. The molecule has 1 atom stereocenters. The molecule has 0 saturated carbocycles. The van der Waals surface area contributed by atoms with Gasteiger partial charge in [0.05, 0.1) is 0 Å². The van der Waals surface area contributed by atoms with E-state index in [9.17, 15) is 9.18 Å². The predicted molar refractivity (Wildman–Crippen MR) is 77.7 cm³/mol. The average Bonchev–Trinajstić information content (AvgIpc) is 3.01. The third-order valence-electron chi connectivity index (χ3n) is 3.09. The predicted octanol–water partition coefficient (Wildman–Crippen LogP) is 1.94. The fourth-order valence-electron chi connectivity index (χ4n) is 1.97. The smallest absolute Gasteiger partial charge is 0.253 e. The van der Waals surface area contributed by atoms with Crippen LogP contribution >= 0.6 is 11.8 Å². The lowest BCUT2D eigenvalue weighted by molar-refractivity contribution is 0.0787. The summed E-state index contributed by atoms with van der Waals surface area (Å²) in [5.74, 6) is 0.0271. The van der Waals surface area contributed by atoms with Crippen LogP contribution in [0.5, 0.6) is 0 Å². The van der Waals surface area contributed by atoms with E-state index in [0.717, 1.165) is 0 Å². The summed E-state index contributed by atoms with van der Waals surface area (Å²) in [6, 6.07) is 4.38. The van der Waals surface area contributed by atoms with Gasteiger partial charge in [0.1, 0.15) is 5.82 Å². The highest BCUT2D eigenvalue weighted by Crippen LogP contribution is 2.21. The molecule has 0 aliphatic carbocycles. The van der Waals surface area contributed by atoms with Crippen LogP contribution < -0.4 is 0 Å². The third kappa shape index (κ3) is 3.57. The molecule has 6 nitrogen and oxygen atoms in total. The molecule has 1 amide bonds. The molecule has 1 unspecified atom stereocenters. The van der Waals surface area contributed by atoms with Gasteiger partial charge in [-0.15, -0.1) is 22.0 Å². The average molecular weight is 309 g/mol. The van der Waals surface area contributed by atoms with Crippen molar-refractivity contribution in [2.45, 2.75) is 17.7 Å². The molecule has 0 fully saturated rings. The highest BCUT2D eigenvalue weighted by molar-refractivity contribution is 7.98. The van der Waals surface area contributed by atoms with Crippen molar-refractivity contribution >= 4 is 17.7 Å². The molecule has 8 heteroatoms. The van der Waals surface area contributed by atoms with Gasteiger partial charge in [-0.3, -0.25) is 4.79 Å². The lowest BCUT2D eigenvalue weighted by Gasteiger charge is -2.20. The first-order valence-electron chi connectivity index (χ1n) is 6.35. The number of halogens is 1. The van der Waals surface area contributed by atoms with E-state index in [0.29, 0.717) is 22.8 Å². The van der Waals surface area contributed by atoms with Crippen molar-refractivity contribution in [2.24, 2.45) is 0 Å². The summed E-state index contributed by atoms with van der Waals surface area (Å²) in [6.45, 7) is 2.36. The van der Waals surface area contributed by atoms with E-state index < -0.39 is 0 Å². The summed E-state index contributed by atoms with van der Waals surface area (Å²) >= 11 is 1.27. The Kier molecular flexibility index (Phi) is 4.89. The van der Waals surface area contributed by atoms with Gasteiger partial charge in [0.25, 0.3) is 5.91 Å². The number of nitrogens with one attached hydrogen (secondary N) is 1. The number of hydrogen-bond donors (Lipinski definition) is 1. The number of aromatic amines is 1. The van der Waals surface area contributed by atoms with Gasteiger partial charge < -0.3 is 4.90 Å². The van der Waals surface area contributed by atoms with Crippen LogP contribution in [-0.2, 0) is 0 Å². The minimum Gasteiger partial charge on any atom is -0.341 e. The molecule has 21 heavy (non-hydrogen) atoms. The van der Waals surface area contributed by atoms with Gasteiger partial charge in [-0.05, 0) is 24.5 Å². The molecule has 2 rings (SSSR count). The monoisotopic (exact) mass is 309 g/mol. The molecule has 2 aromatic rings. The second kappa shape index (κ2) is 6.66. The van der Waals surface area contributed by atoms with Crippen LogP contribution in [0.4, 0.5) is 4.39 Å². The maximum Gasteiger partial charge on any atom is 0.253 e. The largest absolute Gasteiger partial charge is 0.341 e. The zero-order valence-corrected chi connectivity index (χ0v) is 12.8. The molecule has 0 bridgehead atoms. The fourth-order valence-corrected chi connectivity index (χ4v) is 2.47. The second-order valence-electron chi connectivity index (χ2n) is 4.71. The zero-order valence-electron chi connectivity index (χ0n) is 12.0. The molecule has 1 aromatic heterocycles. The Morgan fingerprint density at radius 1 is 1.52 bits per heavy atom. The van der Waals surface area contributed by atoms with Gasteiger partial charge in [0.15, 0.2) is 5.82 Å². The van der Waals surface area contributed by atoms with Gasteiger partial charge in [-0.2, -0.15) is 5.21 Å². The minimum absolute atomic E-state index is 0.0434. The van der Waals surface area contributed by atoms with E-state index in [2.05, 4.69) is 20.6 Å². The van der Waals surface area contributed by atoms with E-state index in [-0.39, 0.29) is 17.6 Å². The van der Waals surface area contributed by atoms with Gasteiger partial charge in [-0.1, -0.05) is 12.1 Å². The highest BCUT2D eigenvalue weighted by Gasteiger charge is 2.18. The highest BCUT2D eigenvalue weighted by atomic mass is 32.2. The number of aromatic nitrogens is 4. The van der Waals surface area contributed by atoms with Crippen molar-refractivity contribution in [3.05, 3.63) is 35.4 Å². The van der Waals surface area contributed by atoms with Crippen molar-refractivity contribution in [1.82, 2.24) is 25.5 Å². The van der Waals surface area contributed by atoms with Crippen LogP contribution in [-0.4, -0.2) is 51.3 Å². The van der Waals surface area contributed by atoms with E-state index in [4.69, 9.17) is 0 Å². The number of tetrazole rings is 1. The van der Waals surface area contributed by atoms with Crippen LogP contribution in [0, 0.1) is 5.82 Å². The number of amides is 1. The Hall–Kier alpha value is -1.96.